The van der Waals surface area contributed by atoms with Gasteiger partial charge in [0.05, 0.1) is 6.54 Å². The number of nitrogens with one attached hydrogen (secondary N) is 3. The Hall–Kier alpha value is -1.59. The Labute approximate surface area is 130 Å². The Bertz CT molecular complexity index is 480. The molecule has 116 valence electrons. The lowest BCUT2D eigenvalue weighted by atomic mass is 10.1. The van der Waals surface area contributed by atoms with Crippen molar-refractivity contribution in [3.8, 4) is 0 Å². The minimum atomic E-state index is -0.458. The molecule has 3 amide bonds. The summed E-state index contributed by atoms with van der Waals surface area (Å²) in [6.45, 7) is 4.56. The van der Waals surface area contributed by atoms with Gasteiger partial charge in [-0.25, -0.2) is 4.79 Å². The van der Waals surface area contributed by atoms with Crippen LogP contribution in [0.2, 0.25) is 5.02 Å². The van der Waals surface area contributed by atoms with E-state index in [9.17, 15) is 9.59 Å². The zero-order valence-corrected chi connectivity index (χ0v) is 13.2. The van der Waals surface area contributed by atoms with Gasteiger partial charge in [-0.05, 0) is 25.0 Å². The van der Waals surface area contributed by atoms with Crippen LogP contribution in [0.15, 0.2) is 24.3 Å². The molecular weight excluding hydrogens is 290 g/mol. The number of hydrogen-bond acceptors (Lipinski definition) is 3. The molecule has 3 N–H and O–H groups in total. The van der Waals surface area contributed by atoms with Crippen LogP contribution in [0.4, 0.5) is 4.79 Å². The number of urea groups is 1. The fraction of sp³-hybridized carbons (Fsp3) is 0.467. The lowest BCUT2D eigenvalue weighted by Gasteiger charge is -2.15. The first-order valence-corrected chi connectivity index (χ1v) is 7.48. The topological polar surface area (TPSA) is 70.2 Å². The van der Waals surface area contributed by atoms with Crippen molar-refractivity contribution in [2.24, 2.45) is 0 Å². The molecule has 1 atom stereocenters. The molecule has 0 aliphatic carbocycles. The van der Waals surface area contributed by atoms with E-state index in [1.54, 1.807) is 6.07 Å². The van der Waals surface area contributed by atoms with Gasteiger partial charge in [0.1, 0.15) is 0 Å². The summed E-state index contributed by atoms with van der Waals surface area (Å²) in [5, 5.41) is 8.58. The maximum absolute atomic E-state index is 11.6. The SMILES string of the molecule is CCCCNC(=O)NC(=O)CN[C@@H](C)c1ccccc1Cl. The minimum Gasteiger partial charge on any atom is -0.338 e. The molecule has 6 heteroatoms. The fourth-order valence-electron chi connectivity index (χ4n) is 1.78. The van der Waals surface area contributed by atoms with Crippen molar-refractivity contribution in [1.29, 1.82) is 0 Å². The summed E-state index contributed by atoms with van der Waals surface area (Å²) in [6.07, 6.45) is 1.88. The maximum Gasteiger partial charge on any atom is 0.321 e. The zero-order valence-electron chi connectivity index (χ0n) is 12.4. The van der Waals surface area contributed by atoms with E-state index in [-0.39, 0.29) is 18.5 Å². The molecule has 0 saturated heterocycles. The van der Waals surface area contributed by atoms with Gasteiger partial charge in [-0.15, -0.1) is 0 Å². The van der Waals surface area contributed by atoms with E-state index in [2.05, 4.69) is 16.0 Å². The van der Waals surface area contributed by atoms with Gasteiger partial charge in [0, 0.05) is 17.6 Å². The molecule has 0 fully saturated rings. The van der Waals surface area contributed by atoms with E-state index in [1.165, 1.54) is 0 Å². The zero-order chi connectivity index (χ0) is 15.7. The predicted octanol–water partition coefficient (Wildman–Crippen LogP) is 2.62. The number of carbonyl (C=O) groups excluding carboxylic acids is 2. The van der Waals surface area contributed by atoms with Crippen LogP contribution in [-0.2, 0) is 4.79 Å². The van der Waals surface area contributed by atoms with E-state index in [1.807, 2.05) is 32.0 Å². The molecule has 21 heavy (non-hydrogen) atoms. The van der Waals surface area contributed by atoms with Gasteiger partial charge in [-0.1, -0.05) is 43.1 Å². The Kier molecular flexibility index (Phi) is 7.79. The first-order valence-electron chi connectivity index (χ1n) is 7.10. The molecule has 0 spiro atoms. The van der Waals surface area contributed by atoms with Crippen molar-refractivity contribution in [2.45, 2.75) is 32.7 Å². The monoisotopic (exact) mass is 311 g/mol. The van der Waals surface area contributed by atoms with E-state index >= 15 is 0 Å². The Morgan fingerprint density at radius 2 is 2.00 bits per heavy atom. The van der Waals surface area contributed by atoms with Gasteiger partial charge in [-0.2, -0.15) is 0 Å². The summed E-state index contributed by atoms with van der Waals surface area (Å²) in [7, 11) is 0. The fourth-order valence-corrected chi connectivity index (χ4v) is 2.08. The Balaban J connectivity index is 2.33. The molecule has 0 radical (unpaired) electrons. The third-order valence-corrected chi connectivity index (χ3v) is 3.35. The first kappa shape index (κ1) is 17.5. The molecular formula is C15H22ClN3O2. The van der Waals surface area contributed by atoms with Crippen molar-refractivity contribution in [1.82, 2.24) is 16.0 Å². The second kappa shape index (κ2) is 9.37. The molecule has 1 aromatic rings. The molecule has 1 rings (SSSR count). The molecule has 0 aliphatic heterocycles. The Morgan fingerprint density at radius 1 is 1.29 bits per heavy atom. The molecule has 0 aromatic heterocycles. The molecule has 0 unspecified atom stereocenters. The third-order valence-electron chi connectivity index (χ3n) is 3.01. The highest BCUT2D eigenvalue weighted by Crippen LogP contribution is 2.21. The van der Waals surface area contributed by atoms with Crippen LogP contribution in [0.25, 0.3) is 0 Å². The number of imide groups is 1. The van der Waals surface area contributed by atoms with Crippen molar-refractivity contribution >= 4 is 23.5 Å². The van der Waals surface area contributed by atoms with Gasteiger partial charge >= 0.3 is 6.03 Å². The average Bonchev–Trinajstić information content (AvgIpc) is 2.45. The molecule has 0 bridgehead atoms. The van der Waals surface area contributed by atoms with E-state index in [0.717, 1.165) is 18.4 Å². The van der Waals surface area contributed by atoms with Crippen LogP contribution >= 0.6 is 11.6 Å². The maximum atomic E-state index is 11.6. The number of carbonyl (C=O) groups is 2. The number of benzene rings is 1. The number of unbranched alkanes of at least 4 members (excludes halogenated alkanes) is 1. The van der Waals surface area contributed by atoms with Gasteiger partial charge in [0.2, 0.25) is 5.91 Å². The highest BCUT2D eigenvalue weighted by Gasteiger charge is 2.11. The van der Waals surface area contributed by atoms with Crippen molar-refractivity contribution in [2.75, 3.05) is 13.1 Å². The smallest absolute Gasteiger partial charge is 0.321 e. The highest BCUT2D eigenvalue weighted by molar-refractivity contribution is 6.31. The summed E-state index contributed by atoms with van der Waals surface area (Å²) in [6, 6.07) is 6.91. The van der Waals surface area contributed by atoms with Crippen LogP contribution in [0, 0.1) is 0 Å². The third kappa shape index (κ3) is 6.60. The Morgan fingerprint density at radius 3 is 2.67 bits per heavy atom. The number of rotatable bonds is 7. The van der Waals surface area contributed by atoms with Gasteiger partial charge in [0.25, 0.3) is 0 Å². The van der Waals surface area contributed by atoms with Crippen LogP contribution < -0.4 is 16.0 Å². The lowest BCUT2D eigenvalue weighted by molar-refractivity contribution is -0.119. The van der Waals surface area contributed by atoms with E-state index in [4.69, 9.17) is 11.6 Å². The minimum absolute atomic E-state index is 0.0492. The number of amides is 3. The largest absolute Gasteiger partial charge is 0.338 e. The van der Waals surface area contributed by atoms with Crippen LogP contribution in [0.1, 0.15) is 38.3 Å². The van der Waals surface area contributed by atoms with Crippen molar-refractivity contribution in [3.63, 3.8) is 0 Å². The van der Waals surface area contributed by atoms with Crippen LogP contribution in [0.3, 0.4) is 0 Å². The first-order chi connectivity index (χ1) is 10.0. The van der Waals surface area contributed by atoms with Crippen LogP contribution in [-0.4, -0.2) is 25.0 Å². The van der Waals surface area contributed by atoms with Gasteiger partial charge < -0.3 is 10.6 Å². The van der Waals surface area contributed by atoms with Gasteiger partial charge in [0.15, 0.2) is 0 Å². The van der Waals surface area contributed by atoms with Crippen molar-refractivity contribution < 1.29 is 9.59 Å². The van der Waals surface area contributed by atoms with Crippen LogP contribution in [0.5, 0.6) is 0 Å². The summed E-state index contributed by atoms with van der Waals surface area (Å²) < 4.78 is 0. The average molecular weight is 312 g/mol. The molecule has 0 heterocycles. The molecule has 0 aliphatic rings. The standard InChI is InChI=1S/C15H22ClN3O2/c1-3-4-9-17-15(21)19-14(20)10-18-11(2)12-7-5-6-8-13(12)16/h5-8,11,18H,3-4,9-10H2,1-2H3,(H2,17,19,20,21)/t11-/m0/s1. The second-order valence-electron chi connectivity index (χ2n) is 4.78. The molecule has 1 aromatic carbocycles. The summed E-state index contributed by atoms with van der Waals surface area (Å²) in [4.78, 5) is 23.0. The molecule has 0 saturated carbocycles. The summed E-state index contributed by atoms with van der Waals surface area (Å²) in [5.41, 5.74) is 0.916. The summed E-state index contributed by atoms with van der Waals surface area (Å²) in [5.74, 6) is -0.372. The summed E-state index contributed by atoms with van der Waals surface area (Å²) >= 11 is 6.09. The quantitative estimate of drug-likeness (QED) is 0.678. The van der Waals surface area contributed by atoms with Gasteiger partial charge in [-0.3, -0.25) is 10.1 Å². The normalized spacial score (nSPS) is 11.8. The number of halogens is 1. The predicted molar refractivity (Wildman–Crippen MR) is 84.3 cm³/mol. The number of hydrogen-bond donors (Lipinski definition) is 3. The van der Waals surface area contributed by atoms with E-state index in [0.29, 0.717) is 11.6 Å². The van der Waals surface area contributed by atoms with Crippen molar-refractivity contribution in [3.05, 3.63) is 34.9 Å². The molecule has 5 nitrogen and oxygen atoms in total. The van der Waals surface area contributed by atoms with E-state index < -0.39 is 6.03 Å². The second-order valence-corrected chi connectivity index (χ2v) is 5.19. The lowest BCUT2D eigenvalue weighted by Crippen LogP contribution is -2.44. The highest BCUT2D eigenvalue weighted by atomic mass is 35.5.